The van der Waals surface area contributed by atoms with Crippen molar-refractivity contribution in [2.45, 2.75) is 6.42 Å². The van der Waals surface area contributed by atoms with Crippen LogP contribution < -0.4 is 14.8 Å². The summed E-state index contributed by atoms with van der Waals surface area (Å²) in [5, 5.41) is 6.58. The van der Waals surface area contributed by atoms with E-state index in [1.807, 2.05) is 6.07 Å². The molecule has 0 radical (unpaired) electrons. The zero-order valence-electron chi connectivity index (χ0n) is 14.9. The molecule has 1 spiro atoms. The first-order valence-corrected chi connectivity index (χ1v) is 8.73. The van der Waals surface area contributed by atoms with Crippen molar-refractivity contribution in [3.8, 4) is 11.6 Å². The number of pyridine rings is 1. The van der Waals surface area contributed by atoms with Crippen molar-refractivity contribution >= 4 is 11.8 Å². The van der Waals surface area contributed by atoms with Gasteiger partial charge in [0.2, 0.25) is 11.7 Å². The van der Waals surface area contributed by atoms with Crippen molar-refractivity contribution in [1.29, 1.82) is 0 Å². The summed E-state index contributed by atoms with van der Waals surface area (Å²) in [6.45, 7) is 1.69. The maximum atomic E-state index is 12.7. The van der Waals surface area contributed by atoms with E-state index in [1.165, 1.54) is 13.2 Å². The van der Waals surface area contributed by atoms with Gasteiger partial charge in [0, 0.05) is 31.7 Å². The second kappa shape index (κ2) is 6.90. The maximum absolute atomic E-state index is 12.7. The smallest absolute Gasteiger partial charge is 0.292 e. The summed E-state index contributed by atoms with van der Waals surface area (Å²) < 4.78 is 15.8. The number of hydrogen-bond acceptors (Lipinski definition) is 7. The van der Waals surface area contributed by atoms with Gasteiger partial charge in [-0.1, -0.05) is 0 Å². The van der Waals surface area contributed by atoms with E-state index in [-0.39, 0.29) is 29.4 Å². The van der Waals surface area contributed by atoms with Gasteiger partial charge in [0.05, 0.1) is 31.4 Å². The van der Waals surface area contributed by atoms with Crippen LogP contribution in [0.4, 0.5) is 0 Å². The summed E-state index contributed by atoms with van der Waals surface area (Å²) in [7, 11) is 1.45. The monoisotopic (exact) mass is 372 g/mol. The van der Waals surface area contributed by atoms with Crippen molar-refractivity contribution in [2.24, 2.45) is 11.3 Å². The van der Waals surface area contributed by atoms with Gasteiger partial charge in [0.1, 0.15) is 5.75 Å². The number of carbonyl (C=O) groups excluding carboxylic acids is 2. The fourth-order valence-corrected chi connectivity index (χ4v) is 3.76. The van der Waals surface area contributed by atoms with E-state index in [0.717, 1.165) is 0 Å². The lowest BCUT2D eigenvalue weighted by atomic mass is 9.77. The Balaban J connectivity index is 1.46. The standard InChI is InChI=1S/C18H20N4O5/c1-25-15-7-14(27-21-15)16(23)22-6-4-18(11-22)12(8-20-17(18)24)10-26-13-3-2-5-19-9-13/h2-3,5,7,9,12H,4,6,8,10-11H2,1H3,(H,20,24)/t12-,18-/m1/s1. The third-order valence-electron chi connectivity index (χ3n) is 5.32. The molecular formula is C18H20N4O5. The quantitative estimate of drug-likeness (QED) is 0.825. The molecule has 2 fully saturated rings. The van der Waals surface area contributed by atoms with Crippen molar-refractivity contribution < 1.29 is 23.6 Å². The lowest BCUT2D eigenvalue weighted by Gasteiger charge is -2.27. The molecule has 2 saturated heterocycles. The van der Waals surface area contributed by atoms with Crippen molar-refractivity contribution in [2.75, 3.05) is 33.4 Å². The normalized spacial score (nSPS) is 24.3. The number of nitrogens with zero attached hydrogens (tertiary/aromatic N) is 3. The number of ether oxygens (including phenoxy) is 2. The lowest BCUT2D eigenvalue weighted by Crippen LogP contribution is -2.41. The molecular weight excluding hydrogens is 352 g/mol. The average Bonchev–Trinajstić information content (AvgIpc) is 3.42. The van der Waals surface area contributed by atoms with E-state index in [1.54, 1.807) is 23.4 Å². The first kappa shape index (κ1) is 17.3. The molecule has 27 heavy (non-hydrogen) atoms. The molecule has 0 saturated carbocycles. The van der Waals surface area contributed by atoms with Gasteiger partial charge in [-0.15, -0.1) is 0 Å². The lowest BCUT2D eigenvalue weighted by molar-refractivity contribution is -0.128. The second-order valence-corrected chi connectivity index (χ2v) is 6.77. The summed E-state index contributed by atoms with van der Waals surface area (Å²) >= 11 is 0. The van der Waals surface area contributed by atoms with Gasteiger partial charge < -0.3 is 24.2 Å². The predicted octanol–water partition coefficient (Wildman–Crippen LogP) is 0.735. The van der Waals surface area contributed by atoms with Crippen molar-refractivity contribution in [3.05, 3.63) is 36.4 Å². The van der Waals surface area contributed by atoms with Crippen LogP contribution in [0.5, 0.6) is 11.6 Å². The second-order valence-electron chi connectivity index (χ2n) is 6.77. The van der Waals surface area contributed by atoms with E-state index < -0.39 is 5.41 Å². The molecule has 0 aliphatic carbocycles. The van der Waals surface area contributed by atoms with Gasteiger partial charge in [0.15, 0.2) is 0 Å². The van der Waals surface area contributed by atoms with E-state index in [9.17, 15) is 9.59 Å². The van der Waals surface area contributed by atoms with Gasteiger partial charge in [-0.05, 0) is 23.7 Å². The van der Waals surface area contributed by atoms with Crippen LogP contribution in [0.15, 0.2) is 35.1 Å². The van der Waals surface area contributed by atoms with Gasteiger partial charge in [0.25, 0.3) is 11.8 Å². The molecule has 2 aliphatic heterocycles. The Hall–Kier alpha value is -3.10. The largest absolute Gasteiger partial charge is 0.492 e. The number of nitrogens with one attached hydrogen (secondary N) is 1. The van der Waals surface area contributed by atoms with Gasteiger partial charge in [-0.25, -0.2) is 0 Å². The summed E-state index contributed by atoms with van der Waals surface area (Å²) in [4.78, 5) is 30.9. The van der Waals surface area contributed by atoms with Crippen LogP contribution in [-0.2, 0) is 4.79 Å². The molecule has 4 heterocycles. The molecule has 2 aromatic rings. The van der Waals surface area contributed by atoms with Crippen LogP contribution >= 0.6 is 0 Å². The van der Waals surface area contributed by atoms with E-state index in [0.29, 0.717) is 38.4 Å². The molecule has 2 aromatic heterocycles. The number of amides is 2. The van der Waals surface area contributed by atoms with E-state index in [4.69, 9.17) is 14.0 Å². The highest BCUT2D eigenvalue weighted by atomic mass is 16.5. The molecule has 142 valence electrons. The minimum atomic E-state index is -0.651. The Morgan fingerprint density at radius 3 is 3.15 bits per heavy atom. The molecule has 0 unspecified atom stereocenters. The summed E-state index contributed by atoms with van der Waals surface area (Å²) in [5.74, 6) is 0.639. The molecule has 9 heteroatoms. The van der Waals surface area contributed by atoms with Gasteiger partial charge >= 0.3 is 0 Å². The fourth-order valence-electron chi connectivity index (χ4n) is 3.76. The Morgan fingerprint density at radius 1 is 1.52 bits per heavy atom. The van der Waals surface area contributed by atoms with E-state index >= 15 is 0 Å². The van der Waals surface area contributed by atoms with Crippen LogP contribution in [0.1, 0.15) is 17.0 Å². The van der Waals surface area contributed by atoms with Crippen molar-refractivity contribution in [3.63, 3.8) is 0 Å². The number of carbonyl (C=O) groups is 2. The fraction of sp³-hybridized carbons (Fsp3) is 0.444. The first-order chi connectivity index (χ1) is 13.1. The Labute approximate surface area is 155 Å². The van der Waals surface area contributed by atoms with Gasteiger partial charge in [-0.3, -0.25) is 14.6 Å². The maximum Gasteiger partial charge on any atom is 0.292 e. The minimum absolute atomic E-state index is 0.0345. The van der Waals surface area contributed by atoms with Crippen molar-refractivity contribution in [1.82, 2.24) is 20.4 Å². The molecule has 1 N–H and O–H groups in total. The molecule has 2 amide bonds. The third kappa shape index (κ3) is 3.09. The molecule has 2 aliphatic rings. The number of likely N-dealkylation sites (tertiary alicyclic amines) is 1. The molecule has 4 rings (SSSR count). The Bertz CT molecular complexity index is 839. The third-order valence-corrected chi connectivity index (χ3v) is 5.32. The summed E-state index contributed by atoms with van der Waals surface area (Å²) in [6, 6.07) is 5.07. The zero-order chi connectivity index (χ0) is 18.9. The Morgan fingerprint density at radius 2 is 2.41 bits per heavy atom. The minimum Gasteiger partial charge on any atom is -0.492 e. The predicted molar refractivity (Wildman–Crippen MR) is 92.2 cm³/mol. The average molecular weight is 372 g/mol. The highest BCUT2D eigenvalue weighted by Crippen LogP contribution is 2.42. The van der Waals surface area contributed by atoms with Crippen LogP contribution in [-0.4, -0.2) is 60.2 Å². The van der Waals surface area contributed by atoms with Crippen LogP contribution in [0.3, 0.4) is 0 Å². The van der Waals surface area contributed by atoms with Crippen LogP contribution in [0.25, 0.3) is 0 Å². The topological polar surface area (TPSA) is 107 Å². The summed E-state index contributed by atoms with van der Waals surface area (Å²) in [6.07, 6.45) is 3.89. The van der Waals surface area contributed by atoms with Gasteiger partial charge in [-0.2, -0.15) is 0 Å². The van der Waals surface area contributed by atoms with Crippen LogP contribution in [0.2, 0.25) is 0 Å². The molecule has 2 atom stereocenters. The first-order valence-electron chi connectivity index (χ1n) is 8.73. The molecule has 0 bridgehead atoms. The zero-order valence-corrected chi connectivity index (χ0v) is 14.9. The number of rotatable bonds is 5. The Kier molecular flexibility index (Phi) is 4.43. The number of hydrogen-bond donors (Lipinski definition) is 1. The SMILES string of the molecule is COc1cc(C(=O)N2CC[C@]3(C2)C(=O)NC[C@@H]3COc2cccnc2)on1. The molecule has 0 aromatic carbocycles. The van der Waals surface area contributed by atoms with Crippen LogP contribution in [0, 0.1) is 11.3 Å². The number of methoxy groups -OCH3 is 1. The highest BCUT2D eigenvalue weighted by molar-refractivity contribution is 5.93. The van der Waals surface area contributed by atoms with E-state index in [2.05, 4.69) is 15.5 Å². The summed E-state index contributed by atoms with van der Waals surface area (Å²) in [5.41, 5.74) is -0.651. The highest BCUT2D eigenvalue weighted by Gasteiger charge is 2.55. The molecule has 9 nitrogen and oxygen atoms in total. The number of aromatic nitrogens is 2.